The van der Waals surface area contributed by atoms with Gasteiger partial charge in [0.2, 0.25) is 11.6 Å². The lowest BCUT2D eigenvalue weighted by molar-refractivity contribution is -0.385. The minimum Gasteiger partial charge on any atom is -0.489 e. The molecule has 2 heterocycles. The largest absolute Gasteiger partial charge is 0.489 e. The van der Waals surface area contributed by atoms with Gasteiger partial charge < -0.3 is 9.15 Å². The number of para-hydroxylation sites is 2. The van der Waals surface area contributed by atoms with Gasteiger partial charge in [-0.25, -0.2) is 4.98 Å². The van der Waals surface area contributed by atoms with Crippen molar-refractivity contribution in [1.82, 2.24) is 9.66 Å². The van der Waals surface area contributed by atoms with Crippen LogP contribution >= 0.6 is 15.9 Å². The molecule has 0 saturated carbocycles. The summed E-state index contributed by atoms with van der Waals surface area (Å²) in [7, 11) is 1.35. The zero-order chi connectivity index (χ0) is 23.8. The highest BCUT2D eigenvalue weighted by molar-refractivity contribution is 9.10. The van der Waals surface area contributed by atoms with Crippen LogP contribution in [-0.2, 0) is 0 Å². The number of nitrogens with zero attached hydrogens (tertiary/aromatic N) is 4. The zero-order valence-corrected chi connectivity index (χ0v) is 19.2. The Morgan fingerprint density at radius 1 is 1.15 bits per heavy atom. The molecule has 2 aromatic heterocycles. The standard InChI is InChI=1S/C24H15BrN4O5/c1-33-22-17(25)10-14(11-19(22)29(31)32)13-26-28-23(21-12-15-6-2-5-9-20(15)34-21)27-18-8-4-3-7-16(18)24(28)30/h2-13H,1H3. The Balaban J connectivity index is 1.71. The summed E-state index contributed by atoms with van der Waals surface area (Å²) in [5, 5.41) is 17.0. The van der Waals surface area contributed by atoms with E-state index in [1.807, 2.05) is 24.3 Å². The first kappa shape index (κ1) is 21.5. The summed E-state index contributed by atoms with van der Waals surface area (Å²) in [4.78, 5) is 28.9. The molecular weight excluding hydrogens is 504 g/mol. The quantitative estimate of drug-likeness (QED) is 0.175. The van der Waals surface area contributed by atoms with E-state index in [4.69, 9.17) is 9.15 Å². The number of fused-ring (bicyclic) bond motifs is 2. The number of hydrogen-bond acceptors (Lipinski definition) is 7. The van der Waals surface area contributed by atoms with Crippen LogP contribution < -0.4 is 10.3 Å². The first-order chi connectivity index (χ1) is 16.5. The molecule has 0 spiro atoms. The molecular formula is C24H15BrN4O5. The van der Waals surface area contributed by atoms with Crippen molar-refractivity contribution in [2.75, 3.05) is 7.11 Å². The second-order valence-electron chi connectivity index (χ2n) is 7.27. The monoisotopic (exact) mass is 518 g/mol. The molecule has 0 N–H and O–H groups in total. The number of hydrogen-bond donors (Lipinski definition) is 0. The molecule has 0 atom stereocenters. The fourth-order valence-electron chi connectivity index (χ4n) is 3.62. The van der Waals surface area contributed by atoms with Crippen LogP contribution in [0.15, 0.2) is 85.5 Å². The summed E-state index contributed by atoms with van der Waals surface area (Å²) in [6.07, 6.45) is 1.35. The van der Waals surface area contributed by atoms with Crippen LogP contribution in [0.1, 0.15) is 5.56 Å². The Kier molecular flexibility index (Phi) is 5.42. The number of benzene rings is 3. The van der Waals surface area contributed by atoms with Crippen molar-refractivity contribution in [1.29, 1.82) is 0 Å². The first-order valence-electron chi connectivity index (χ1n) is 10.0. The van der Waals surface area contributed by atoms with E-state index < -0.39 is 10.5 Å². The molecule has 10 heteroatoms. The van der Waals surface area contributed by atoms with Crippen LogP contribution in [0.3, 0.4) is 0 Å². The van der Waals surface area contributed by atoms with Gasteiger partial charge in [0.1, 0.15) is 5.58 Å². The van der Waals surface area contributed by atoms with Crippen LogP contribution in [0.4, 0.5) is 5.69 Å². The van der Waals surface area contributed by atoms with Gasteiger partial charge in [-0.3, -0.25) is 14.9 Å². The number of methoxy groups -OCH3 is 1. The highest BCUT2D eigenvalue weighted by Gasteiger charge is 2.20. The lowest BCUT2D eigenvalue weighted by Crippen LogP contribution is -2.20. The lowest BCUT2D eigenvalue weighted by Gasteiger charge is -2.08. The molecule has 5 rings (SSSR count). The van der Waals surface area contributed by atoms with E-state index in [0.29, 0.717) is 32.3 Å². The lowest BCUT2D eigenvalue weighted by atomic mass is 10.2. The maximum atomic E-state index is 13.3. The van der Waals surface area contributed by atoms with Gasteiger partial charge in [-0.1, -0.05) is 30.3 Å². The van der Waals surface area contributed by atoms with Crippen molar-refractivity contribution in [2.24, 2.45) is 5.10 Å². The predicted molar refractivity (Wildman–Crippen MR) is 132 cm³/mol. The van der Waals surface area contributed by atoms with Crippen LogP contribution in [0.25, 0.3) is 33.5 Å². The van der Waals surface area contributed by atoms with Gasteiger partial charge >= 0.3 is 5.69 Å². The predicted octanol–water partition coefficient (Wildman–Crippen LogP) is 5.37. The van der Waals surface area contributed by atoms with E-state index in [-0.39, 0.29) is 17.3 Å². The fraction of sp³-hybridized carbons (Fsp3) is 0.0417. The van der Waals surface area contributed by atoms with Crippen molar-refractivity contribution in [3.05, 3.63) is 97.2 Å². The molecule has 9 nitrogen and oxygen atoms in total. The minimum atomic E-state index is -0.551. The molecule has 0 aliphatic carbocycles. The van der Waals surface area contributed by atoms with Crippen molar-refractivity contribution in [2.45, 2.75) is 0 Å². The average Bonchev–Trinajstić information content (AvgIpc) is 3.27. The summed E-state index contributed by atoms with van der Waals surface area (Å²) in [5.74, 6) is 0.663. The molecule has 0 amide bonds. The van der Waals surface area contributed by atoms with Crippen molar-refractivity contribution in [3.63, 3.8) is 0 Å². The van der Waals surface area contributed by atoms with E-state index in [1.54, 1.807) is 36.4 Å². The smallest absolute Gasteiger partial charge is 0.312 e. The Bertz CT molecular complexity index is 1640. The topological polar surface area (TPSA) is 113 Å². The molecule has 168 valence electrons. The molecule has 0 aliphatic heterocycles. The number of rotatable bonds is 5. The molecule has 0 saturated heterocycles. The van der Waals surface area contributed by atoms with Gasteiger partial charge in [-0.2, -0.15) is 9.78 Å². The van der Waals surface area contributed by atoms with E-state index in [1.165, 1.54) is 19.4 Å². The summed E-state index contributed by atoms with van der Waals surface area (Å²) >= 11 is 3.28. The summed E-state index contributed by atoms with van der Waals surface area (Å²) in [6, 6.07) is 19.1. The summed E-state index contributed by atoms with van der Waals surface area (Å²) in [5.41, 5.74) is 0.886. The first-order valence-corrected chi connectivity index (χ1v) is 10.8. The number of halogens is 1. The van der Waals surface area contributed by atoms with Crippen LogP contribution in [0.2, 0.25) is 0 Å². The van der Waals surface area contributed by atoms with Gasteiger partial charge in [0.25, 0.3) is 5.56 Å². The van der Waals surface area contributed by atoms with Crippen molar-refractivity contribution >= 4 is 49.7 Å². The molecule has 0 radical (unpaired) electrons. The number of ether oxygens (including phenoxy) is 1. The molecule has 3 aromatic carbocycles. The number of aromatic nitrogens is 2. The average molecular weight is 519 g/mol. The van der Waals surface area contributed by atoms with E-state index in [2.05, 4.69) is 26.0 Å². The molecule has 0 bridgehead atoms. The second kappa shape index (κ2) is 8.56. The van der Waals surface area contributed by atoms with Crippen LogP contribution in [0.5, 0.6) is 5.75 Å². The Hall–Kier alpha value is -4.31. The van der Waals surface area contributed by atoms with Crippen LogP contribution in [-0.4, -0.2) is 27.9 Å². The van der Waals surface area contributed by atoms with Gasteiger partial charge in [-0.05, 0) is 46.3 Å². The maximum absolute atomic E-state index is 13.3. The Morgan fingerprint density at radius 2 is 1.91 bits per heavy atom. The third-order valence-corrected chi connectivity index (χ3v) is 5.76. The number of furan rings is 1. The Labute approximate surface area is 200 Å². The highest BCUT2D eigenvalue weighted by Crippen LogP contribution is 2.35. The minimum absolute atomic E-state index is 0.0923. The number of nitro groups is 1. The number of nitro benzene ring substituents is 1. The van der Waals surface area contributed by atoms with Gasteiger partial charge in [0, 0.05) is 17.0 Å². The van der Waals surface area contributed by atoms with Gasteiger partial charge in [-0.15, -0.1) is 0 Å². The SMILES string of the molecule is COc1c(Br)cc(C=Nn2c(-c3cc4ccccc4o3)nc3ccccc3c2=O)cc1[N+](=O)[O-]. The summed E-state index contributed by atoms with van der Waals surface area (Å²) < 4.78 is 12.6. The fourth-order valence-corrected chi connectivity index (χ4v) is 4.25. The molecule has 0 unspecified atom stereocenters. The third kappa shape index (κ3) is 3.73. The van der Waals surface area contributed by atoms with E-state index >= 15 is 0 Å². The zero-order valence-electron chi connectivity index (χ0n) is 17.6. The molecule has 0 aliphatic rings. The summed E-state index contributed by atoms with van der Waals surface area (Å²) in [6.45, 7) is 0. The highest BCUT2D eigenvalue weighted by atomic mass is 79.9. The van der Waals surface area contributed by atoms with E-state index in [0.717, 1.165) is 10.1 Å². The second-order valence-corrected chi connectivity index (χ2v) is 8.13. The van der Waals surface area contributed by atoms with Crippen LogP contribution in [0, 0.1) is 10.1 Å². The van der Waals surface area contributed by atoms with Gasteiger partial charge in [0.05, 0.1) is 33.6 Å². The molecule has 0 fully saturated rings. The van der Waals surface area contributed by atoms with Gasteiger partial charge in [0.15, 0.2) is 5.76 Å². The molecule has 5 aromatic rings. The normalized spacial score (nSPS) is 11.5. The third-order valence-electron chi connectivity index (χ3n) is 5.17. The van der Waals surface area contributed by atoms with Crippen molar-refractivity contribution < 1.29 is 14.1 Å². The molecule has 34 heavy (non-hydrogen) atoms. The Morgan fingerprint density at radius 3 is 2.68 bits per heavy atom. The van der Waals surface area contributed by atoms with Crippen molar-refractivity contribution in [3.8, 4) is 17.3 Å². The maximum Gasteiger partial charge on any atom is 0.312 e. The van der Waals surface area contributed by atoms with E-state index in [9.17, 15) is 14.9 Å².